The van der Waals surface area contributed by atoms with Crippen LogP contribution in [0.5, 0.6) is 0 Å². The van der Waals surface area contributed by atoms with Gasteiger partial charge in [-0.05, 0) is 67.5 Å². The van der Waals surface area contributed by atoms with Gasteiger partial charge in [0.1, 0.15) is 0 Å². The SMILES string of the molecule is CC1=C(c2ccc(Cl)cc2)C(c2cccc(C)c2)=CCCC1. The van der Waals surface area contributed by atoms with Crippen molar-refractivity contribution in [2.24, 2.45) is 0 Å². The molecule has 0 bridgehead atoms. The summed E-state index contributed by atoms with van der Waals surface area (Å²) in [4.78, 5) is 0. The smallest absolute Gasteiger partial charge is 0.0406 e. The molecule has 0 fully saturated rings. The maximum atomic E-state index is 6.06. The second kappa shape index (κ2) is 6.54. The molecule has 1 heteroatoms. The molecule has 1 aliphatic rings. The third kappa shape index (κ3) is 3.18. The number of hydrogen-bond donors (Lipinski definition) is 0. The Morgan fingerprint density at radius 2 is 1.68 bits per heavy atom. The normalized spacial score (nSPS) is 15.5. The molecule has 1 aliphatic carbocycles. The van der Waals surface area contributed by atoms with Crippen LogP contribution in [0.1, 0.15) is 42.9 Å². The Labute approximate surface area is 138 Å². The minimum Gasteiger partial charge on any atom is -0.0843 e. The molecule has 0 atom stereocenters. The highest BCUT2D eigenvalue weighted by Gasteiger charge is 2.16. The molecule has 0 amide bonds. The van der Waals surface area contributed by atoms with Crippen LogP contribution in [0.3, 0.4) is 0 Å². The molecule has 112 valence electrons. The zero-order valence-corrected chi connectivity index (χ0v) is 14.0. The fraction of sp³-hybridized carbons (Fsp3) is 0.238. The zero-order valence-electron chi connectivity index (χ0n) is 13.2. The highest BCUT2D eigenvalue weighted by Crippen LogP contribution is 2.38. The fourth-order valence-corrected chi connectivity index (χ4v) is 3.29. The quantitative estimate of drug-likeness (QED) is 0.579. The van der Waals surface area contributed by atoms with Crippen molar-refractivity contribution in [3.8, 4) is 0 Å². The number of halogens is 1. The van der Waals surface area contributed by atoms with Gasteiger partial charge >= 0.3 is 0 Å². The lowest BCUT2D eigenvalue weighted by Crippen LogP contribution is -1.94. The summed E-state index contributed by atoms with van der Waals surface area (Å²) in [7, 11) is 0. The molecule has 22 heavy (non-hydrogen) atoms. The number of aryl methyl sites for hydroxylation is 1. The highest BCUT2D eigenvalue weighted by atomic mass is 35.5. The Bertz CT molecular complexity index is 733. The predicted molar refractivity (Wildman–Crippen MR) is 97.1 cm³/mol. The van der Waals surface area contributed by atoms with Crippen LogP contribution in [0.15, 0.2) is 60.2 Å². The second-order valence-corrected chi connectivity index (χ2v) is 6.48. The molecule has 0 aromatic heterocycles. The molecule has 2 aromatic rings. The number of benzene rings is 2. The van der Waals surface area contributed by atoms with Crippen molar-refractivity contribution in [3.63, 3.8) is 0 Å². The van der Waals surface area contributed by atoms with E-state index in [1.165, 1.54) is 39.8 Å². The van der Waals surface area contributed by atoms with E-state index in [0.717, 1.165) is 17.9 Å². The van der Waals surface area contributed by atoms with Crippen LogP contribution in [0, 0.1) is 6.92 Å². The molecule has 0 radical (unpaired) electrons. The van der Waals surface area contributed by atoms with E-state index in [-0.39, 0.29) is 0 Å². The van der Waals surface area contributed by atoms with Crippen molar-refractivity contribution in [1.82, 2.24) is 0 Å². The van der Waals surface area contributed by atoms with Crippen molar-refractivity contribution < 1.29 is 0 Å². The number of allylic oxidation sites excluding steroid dienone is 4. The molecule has 2 aromatic carbocycles. The van der Waals surface area contributed by atoms with Gasteiger partial charge in [-0.3, -0.25) is 0 Å². The Balaban J connectivity index is 2.15. The van der Waals surface area contributed by atoms with E-state index in [0.29, 0.717) is 0 Å². The summed E-state index contributed by atoms with van der Waals surface area (Å²) in [6.07, 6.45) is 5.91. The van der Waals surface area contributed by atoms with Crippen LogP contribution in [0.25, 0.3) is 11.1 Å². The van der Waals surface area contributed by atoms with Crippen molar-refractivity contribution >= 4 is 22.7 Å². The first-order valence-electron chi connectivity index (χ1n) is 7.88. The van der Waals surface area contributed by atoms with Crippen LogP contribution in [-0.2, 0) is 0 Å². The topological polar surface area (TPSA) is 0 Å². The zero-order chi connectivity index (χ0) is 15.5. The van der Waals surface area contributed by atoms with E-state index in [2.05, 4.69) is 56.3 Å². The first-order valence-corrected chi connectivity index (χ1v) is 8.26. The highest BCUT2D eigenvalue weighted by molar-refractivity contribution is 6.30. The van der Waals surface area contributed by atoms with Gasteiger partial charge in [-0.2, -0.15) is 0 Å². The summed E-state index contributed by atoms with van der Waals surface area (Å²) >= 11 is 6.06. The molecule has 3 rings (SSSR count). The third-order valence-corrected chi connectivity index (χ3v) is 4.51. The van der Waals surface area contributed by atoms with E-state index in [4.69, 9.17) is 11.6 Å². The van der Waals surface area contributed by atoms with Crippen LogP contribution < -0.4 is 0 Å². The maximum Gasteiger partial charge on any atom is 0.0406 e. The molecular formula is C21H21Cl. The molecule has 0 aliphatic heterocycles. The van der Waals surface area contributed by atoms with Gasteiger partial charge in [-0.25, -0.2) is 0 Å². The van der Waals surface area contributed by atoms with Gasteiger partial charge < -0.3 is 0 Å². The molecular weight excluding hydrogens is 288 g/mol. The summed E-state index contributed by atoms with van der Waals surface area (Å²) in [5.41, 5.74) is 8.08. The van der Waals surface area contributed by atoms with Gasteiger partial charge in [0, 0.05) is 5.02 Å². The Morgan fingerprint density at radius 1 is 0.909 bits per heavy atom. The van der Waals surface area contributed by atoms with Gasteiger partial charge in [0.25, 0.3) is 0 Å². The monoisotopic (exact) mass is 308 g/mol. The minimum absolute atomic E-state index is 0.789. The first-order chi connectivity index (χ1) is 10.6. The summed E-state index contributed by atoms with van der Waals surface area (Å²) < 4.78 is 0. The van der Waals surface area contributed by atoms with Crippen LogP contribution >= 0.6 is 11.6 Å². The Hall–Kier alpha value is -1.79. The van der Waals surface area contributed by atoms with Gasteiger partial charge in [0.2, 0.25) is 0 Å². The van der Waals surface area contributed by atoms with Gasteiger partial charge in [-0.1, -0.05) is 65.2 Å². The van der Waals surface area contributed by atoms with E-state index in [9.17, 15) is 0 Å². The minimum atomic E-state index is 0.789. The van der Waals surface area contributed by atoms with E-state index < -0.39 is 0 Å². The number of rotatable bonds is 2. The van der Waals surface area contributed by atoms with Crippen LogP contribution in [0.2, 0.25) is 5.02 Å². The predicted octanol–water partition coefficient (Wildman–Crippen LogP) is 6.69. The summed E-state index contributed by atoms with van der Waals surface area (Å²) in [5.74, 6) is 0. The van der Waals surface area contributed by atoms with Crippen molar-refractivity contribution in [3.05, 3.63) is 81.9 Å². The standard InChI is InChI=1S/C21H21Cl/c1-15-6-5-8-18(14-15)20-9-4-3-7-16(2)21(20)17-10-12-19(22)13-11-17/h5-6,8-14H,3-4,7H2,1-2H3. The lowest BCUT2D eigenvalue weighted by atomic mass is 9.88. The average Bonchev–Trinajstić information content (AvgIpc) is 2.70. The van der Waals surface area contributed by atoms with E-state index >= 15 is 0 Å². The molecule has 0 nitrogen and oxygen atoms in total. The summed E-state index contributed by atoms with van der Waals surface area (Å²) in [5, 5.41) is 0.789. The van der Waals surface area contributed by atoms with Crippen molar-refractivity contribution in [1.29, 1.82) is 0 Å². The summed E-state index contributed by atoms with van der Waals surface area (Å²) in [6, 6.07) is 17.0. The average molecular weight is 309 g/mol. The summed E-state index contributed by atoms with van der Waals surface area (Å²) in [6.45, 7) is 4.41. The van der Waals surface area contributed by atoms with E-state index in [1.807, 2.05) is 12.1 Å². The largest absolute Gasteiger partial charge is 0.0843 e. The van der Waals surface area contributed by atoms with Crippen molar-refractivity contribution in [2.45, 2.75) is 33.1 Å². The molecule has 0 unspecified atom stereocenters. The molecule has 0 saturated carbocycles. The molecule has 0 N–H and O–H groups in total. The maximum absolute atomic E-state index is 6.06. The molecule has 0 spiro atoms. The lowest BCUT2D eigenvalue weighted by molar-refractivity contribution is 0.842. The fourth-order valence-electron chi connectivity index (χ4n) is 3.16. The van der Waals surface area contributed by atoms with Gasteiger partial charge in [0.05, 0.1) is 0 Å². The van der Waals surface area contributed by atoms with E-state index in [1.54, 1.807) is 0 Å². The van der Waals surface area contributed by atoms with Crippen molar-refractivity contribution in [2.75, 3.05) is 0 Å². The lowest BCUT2D eigenvalue weighted by Gasteiger charge is -2.16. The second-order valence-electron chi connectivity index (χ2n) is 6.04. The van der Waals surface area contributed by atoms with Gasteiger partial charge in [-0.15, -0.1) is 0 Å². The molecule has 0 heterocycles. The van der Waals surface area contributed by atoms with Crippen LogP contribution in [-0.4, -0.2) is 0 Å². The molecule has 0 saturated heterocycles. The first kappa shape index (κ1) is 15.1. The Morgan fingerprint density at radius 3 is 2.41 bits per heavy atom. The van der Waals surface area contributed by atoms with Gasteiger partial charge in [0.15, 0.2) is 0 Å². The van der Waals surface area contributed by atoms with Crippen LogP contribution in [0.4, 0.5) is 0 Å². The third-order valence-electron chi connectivity index (χ3n) is 4.26. The Kier molecular flexibility index (Phi) is 4.49. The number of hydrogen-bond acceptors (Lipinski definition) is 0.